The minimum atomic E-state index is -0.565. The molecule has 1 saturated heterocycles. The predicted octanol–water partition coefficient (Wildman–Crippen LogP) is 7.14. The van der Waals surface area contributed by atoms with E-state index in [1.807, 2.05) is 71.7 Å². The Bertz CT molecular complexity index is 986. The monoisotopic (exact) mass is 472 g/mol. The third-order valence-electron chi connectivity index (χ3n) is 6.69. The van der Waals surface area contributed by atoms with Gasteiger partial charge >= 0.3 is 0 Å². The molecule has 0 bridgehead atoms. The molecule has 1 amide bonds. The number of hydrogen-bond acceptors (Lipinski definition) is 2. The van der Waals surface area contributed by atoms with Crippen molar-refractivity contribution in [3.8, 4) is 0 Å². The number of amides is 1. The van der Waals surface area contributed by atoms with Gasteiger partial charge in [-0.15, -0.1) is 0 Å². The van der Waals surface area contributed by atoms with Gasteiger partial charge in [-0.2, -0.15) is 0 Å². The zero-order valence-electron chi connectivity index (χ0n) is 22.7. The Hall–Kier alpha value is -2.91. The fourth-order valence-electron chi connectivity index (χ4n) is 4.83. The number of carbonyl (C=O) groups excluding carboxylic acids is 1. The lowest BCUT2D eigenvalue weighted by Crippen LogP contribution is -2.48. The van der Waals surface area contributed by atoms with Crippen LogP contribution in [0.5, 0.6) is 0 Å². The lowest BCUT2D eigenvalue weighted by atomic mass is 9.82. The number of benzene rings is 3. The summed E-state index contributed by atoms with van der Waals surface area (Å²) in [6.45, 7) is 14.8. The van der Waals surface area contributed by atoms with Crippen molar-refractivity contribution in [2.24, 2.45) is 0 Å². The van der Waals surface area contributed by atoms with Crippen LogP contribution in [0.15, 0.2) is 91.0 Å². The first-order valence-electron chi connectivity index (χ1n) is 13.1. The molecule has 0 N–H and O–H groups in total. The summed E-state index contributed by atoms with van der Waals surface area (Å²) in [7, 11) is 1.99. The average molecular weight is 473 g/mol. The van der Waals surface area contributed by atoms with Gasteiger partial charge in [0.15, 0.2) is 0 Å². The van der Waals surface area contributed by atoms with Crippen LogP contribution < -0.4 is 0 Å². The number of rotatable bonds is 6. The highest BCUT2D eigenvalue weighted by molar-refractivity contribution is 5.87. The molecule has 4 rings (SSSR count). The van der Waals surface area contributed by atoms with Crippen molar-refractivity contribution in [2.45, 2.75) is 65.5 Å². The molecule has 2 atom stereocenters. The van der Waals surface area contributed by atoms with Gasteiger partial charge in [-0.1, -0.05) is 119 Å². The maximum Gasteiger partial charge on any atom is 0.232 e. The van der Waals surface area contributed by atoms with Crippen molar-refractivity contribution < 1.29 is 4.79 Å². The van der Waals surface area contributed by atoms with Gasteiger partial charge in [0.25, 0.3) is 0 Å². The molecule has 0 radical (unpaired) electrons. The molecule has 1 aliphatic heterocycles. The van der Waals surface area contributed by atoms with Gasteiger partial charge in [-0.3, -0.25) is 9.69 Å². The molecular formula is C32H44N2O. The summed E-state index contributed by atoms with van der Waals surface area (Å²) >= 11 is 0. The van der Waals surface area contributed by atoms with Crippen LogP contribution >= 0.6 is 0 Å². The van der Waals surface area contributed by atoms with Crippen LogP contribution in [0.25, 0.3) is 0 Å². The van der Waals surface area contributed by atoms with E-state index >= 15 is 0 Å². The fraction of sp³-hybridized carbons (Fsp3) is 0.406. The predicted molar refractivity (Wildman–Crippen MR) is 150 cm³/mol. The molecule has 3 aromatic carbocycles. The Morgan fingerprint density at radius 3 is 1.83 bits per heavy atom. The van der Waals surface area contributed by atoms with Crippen LogP contribution in [0.3, 0.4) is 0 Å². The molecule has 3 aromatic rings. The maximum atomic E-state index is 13.7. The van der Waals surface area contributed by atoms with Crippen molar-refractivity contribution in [3.05, 3.63) is 108 Å². The van der Waals surface area contributed by atoms with E-state index in [1.54, 1.807) is 0 Å². The SMILES string of the molecule is CC.CC.CN(C(=O)C(C)(C)c1ccccc1)[C@@H]1CN(Cc2ccccc2)C[C@H]1c1ccccc1. The minimum absolute atomic E-state index is 0.140. The third-order valence-corrected chi connectivity index (χ3v) is 6.69. The highest BCUT2D eigenvalue weighted by Crippen LogP contribution is 2.34. The molecule has 0 spiro atoms. The average Bonchev–Trinajstić information content (AvgIpc) is 3.35. The largest absolute Gasteiger partial charge is 0.340 e. The van der Waals surface area contributed by atoms with Crippen LogP contribution in [0.2, 0.25) is 0 Å². The molecule has 188 valence electrons. The molecule has 35 heavy (non-hydrogen) atoms. The van der Waals surface area contributed by atoms with Gasteiger partial charge in [0, 0.05) is 32.6 Å². The first kappa shape index (κ1) is 28.3. The second kappa shape index (κ2) is 13.8. The van der Waals surface area contributed by atoms with E-state index in [0.29, 0.717) is 5.92 Å². The Labute approximate surface area is 213 Å². The number of hydrogen-bond donors (Lipinski definition) is 0. The number of likely N-dealkylation sites (tertiary alicyclic amines) is 1. The maximum absolute atomic E-state index is 13.7. The highest BCUT2D eigenvalue weighted by atomic mass is 16.2. The van der Waals surface area contributed by atoms with Gasteiger partial charge in [0.2, 0.25) is 5.91 Å². The van der Waals surface area contributed by atoms with Crippen molar-refractivity contribution in [3.63, 3.8) is 0 Å². The molecule has 3 heteroatoms. The van der Waals surface area contributed by atoms with E-state index in [1.165, 1.54) is 11.1 Å². The lowest BCUT2D eigenvalue weighted by Gasteiger charge is -2.36. The molecule has 1 aliphatic rings. The summed E-state index contributed by atoms with van der Waals surface area (Å²) in [5, 5.41) is 0. The Morgan fingerprint density at radius 1 is 0.800 bits per heavy atom. The van der Waals surface area contributed by atoms with E-state index in [2.05, 4.69) is 77.7 Å². The quantitative estimate of drug-likeness (QED) is 0.380. The molecule has 3 nitrogen and oxygen atoms in total. The molecule has 0 unspecified atom stereocenters. The number of likely N-dealkylation sites (N-methyl/N-ethyl adjacent to an activating group) is 1. The summed E-state index contributed by atoms with van der Waals surface area (Å²) < 4.78 is 0. The van der Waals surface area contributed by atoms with Crippen LogP contribution in [-0.2, 0) is 16.8 Å². The Balaban J connectivity index is 0.00000103. The molecule has 0 aromatic heterocycles. The third kappa shape index (κ3) is 7.05. The van der Waals surface area contributed by atoms with Crippen molar-refractivity contribution in [2.75, 3.05) is 20.1 Å². The van der Waals surface area contributed by atoms with E-state index in [-0.39, 0.29) is 11.9 Å². The van der Waals surface area contributed by atoms with Gasteiger partial charge in [-0.25, -0.2) is 0 Å². The second-order valence-electron chi connectivity index (χ2n) is 9.17. The fourth-order valence-corrected chi connectivity index (χ4v) is 4.83. The lowest BCUT2D eigenvalue weighted by molar-refractivity contribution is -0.137. The van der Waals surface area contributed by atoms with E-state index in [9.17, 15) is 4.79 Å². The zero-order chi connectivity index (χ0) is 25.8. The minimum Gasteiger partial charge on any atom is -0.340 e. The summed E-state index contributed by atoms with van der Waals surface area (Å²) in [5.74, 6) is 0.469. The molecule has 1 heterocycles. The van der Waals surface area contributed by atoms with Crippen LogP contribution in [0.4, 0.5) is 0 Å². The van der Waals surface area contributed by atoms with Gasteiger partial charge in [-0.05, 0) is 30.5 Å². The number of nitrogens with zero attached hydrogens (tertiary/aromatic N) is 2. The smallest absolute Gasteiger partial charge is 0.232 e. The van der Waals surface area contributed by atoms with Crippen LogP contribution in [-0.4, -0.2) is 41.9 Å². The zero-order valence-corrected chi connectivity index (χ0v) is 22.7. The molecule has 0 saturated carbocycles. The normalized spacial score (nSPS) is 17.5. The van der Waals surface area contributed by atoms with Crippen LogP contribution in [0.1, 0.15) is 64.2 Å². The van der Waals surface area contributed by atoms with Gasteiger partial charge in [0.05, 0.1) is 11.5 Å². The second-order valence-corrected chi connectivity index (χ2v) is 9.17. The highest BCUT2D eigenvalue weighted by Gasteiger charge is 2.42. The summed E-state index contributed by atoms with van der Waals surface area (Å²) in [6.07, 6.45) is 0. The van der Waals surface area contributed by atoms with E-state index < -0.39 is 5.41 Å². The number of carbonyl (C=O) groups is 1. The first-order valence-corrected chi connectivity index (χ1v) is 13.1. The van der Waals surface area contributed by atoms with Gasteiger partial charge in [0.1, 0.15) is 0 Å². The van der Waals surface area contributed by atoms with Gasteiger partial charge < -0.3 is 4.90 Å². The molecular weight excluding hydrogens is 428 g/mol. The Kier molecular flexibility index (Phi) is 11.2. The molecule has 1 fully saturated rings. The van der Waals surface area contributed by atoms with Crippen molar-refractivity contribution in [1.29, 1.82) is 0 Å². The van der Waals surface area contributed by atoms with E-state index in [0.717, 1.165) is 25.2 Å². The summed E-state index contributed by atoms with van der Waals surface area (Å²) in [4.78, 5) is 18.2. The van der Waals surface area contributed by atoms with E-state index in [4.69, 9.17) is 0 Å². The molecule has 0 aliphatic carbocycles. The Morgan fingerprint density at radius 2 is 1.29 bits per heavy atom. The standard InChI is InChI=1S/C28H32N2O.2C2H6/c1-28(2,24-17-11-6-12-18-24)27(31)29(3)26-21-30(19-22-13-7-4-8-14-22)20-25(26)23-15-9-5-10-16-23;2*1-2/h4-18,25-26H,19-21H2,1-3H3;2*1-2H3/t25-,26+;;/m0../s1. The topological polar surface area (TPSA) is 23.6 Å². The summed E-state index contributed by atoms with van der Waals surface area (Å²) in [6, 6.07) is 31.5. The first-order chi connectivity index (χ1) is 17.0. The summed E-state index contributed by atoms with van der Waals surface area (Å²) in [5.41, 5.74) is 3.11. The van der Waals surface area contributed by atoms with Crippen molar-refractivity contribution >= 4 is 5.91 Å². The van der Waals surface area contributed by atoms with Crippen LogP contribution in [0, 0.1) is 0 Å². The van der Waals surface area contributed by atoms with Crippen molar-refractivity contribution in [1.82, 2.24) is 9.80 Å².